The van der Waals surface area contributed by atoms with Gasteiger partial charge < -0.3 is 20.1 Å². The summed E-state index contributed by atoms with van der Waals surface area (Å²) in [6.07, 6.45) is 8.36. The van der Waals surface area contributed by atoms with Crippen molar-refractivity contribution < 1.29 is 14.6 Å². The Labute approximate surface area is 220 Å². The van der Waals surface area contributed by atoms with Crippen molar-refractivity contribution >= 4 is 34.5 Å². The molecule has 3 N–H and O–H groups in total. The molecular formula is C25H34N10O3. The Bertz CT molecular complexity index is 1400. The van der Waals surface area contributed by atoms with Crippen LogP contribution in [0.25, 0.3) is 16.7 Å². The number of pyridine rings is 1. The number of nitrogens with zero attached hydrogens (tertiary/aromatic N) is 8. The lowest BCUT2D eigenvalue weighted by Gasteiger charge is -2.26. The van der Waals surface area contributed by atoms with Crippen LogP contribution < -0.4 is 15.5 Å². The third-order valence-corrected chi connectivity index (χ3v) is 6.84. The topological polar surface area (TPSA) is 148 Å². The smallest absolute Gasteiger partial charge is 0.413 e. The maximum absolute atomic E-state index is 11.9. The summed E-state index contributed by atoms with van der Waals surface area (Å²) in [5.41, 5.74) is 3.95. The zero-order valence-electron chi connectivity index (χ0n) is 21.8. The highest BCUT2D eigenvalue weighted by molar-refractivity contribution is 5.89. The van der Waals surface area contributed by atoms with E-state index in [1.807, 2.05) is 15.6 Å². The zero-order chi connectivity index (χ0) is 26.5. The van der Waals surface area contributed by atoms with Gasteiger partial charge in [0.25, 0.3) is 0 Å². The van der Waals surface area contributed by atoms with E-state index in [0.29, 0.717) is 42.5 Å². The molecule has 0 aromatic carbocycles. The molecule has 0 unspecified atom stereocenters. The predicted molar refractivity (Wildman–Crippen MR) is 142 cm³/mol. The van der Waals surface area contributed by atoms with Gasteiger partial charge in [-0.15, -0.1) is 0 Å². The van der Waals surface area contributed by atoms with Crippen LogP contribution in [0.15, 0.2) is 24.7 Å². The monoisotopic (exact) mass is 522 g/mol. The zero-order valence-corrected chi connectivity index (χ0v) is 21.8. The second kappa shape index (κ2) is 11.7. The fraction of sp³-hybridized carbons (Fsp3) is 0.520. The maximum Gasteiger partial charge on any atom is 0.413 e. The van der Waals surface area contributed by atoms with E-state index in [-0.39, 0.29) is 12.6 Å². The van der Waals surface area contributed by atoms with Gasteiger partial charge in [0.05, 0.1) is 32.2 Å². The van der Waals surface area contributed by atoms with Crippen molar-refractivity contribution in [3.63, 3.8) is 0 Å². The molecule has 4 aromatic rings. The summed E-state index contributed by atoms with van der Waals surface area (Å²) in [5.74, 6) is 0.661. The van der Waals surface area contributed by atoms with Crippen molar-refractivity contribution in [2.45, 2.75) is 58.2 Å². The van der Waals surface area contributed by atoms with Crippen LogP contribution in [0.3, 0.4) is 0 Å². The van der Waals surface area contributed by atoms with Crippen molar-refractivity contribution in [1.29, 1.82) is 0 Å². The first-order chi connectivity index (χ1) is 18.6. The molecule has 13 nitrogen and oxygen atoms in total. The van der Waals surface area contributed by atoms with Gasteiger partial charge in [0.2, 0.25) is 5.95 Å². The normalized spacial score (nSPS) is 13.7. The number of fused-ring (bicyclic) bond motifs is 2. The minimum atomic E-state index is -0.661. The van der Waals surface area contributed by atoms with Crippen LogP contribution in [0.1, 0.15) is 50.3 Å². The standard InChI is InChI=1S/C25H34N10O3/c1-3-4-10-33(11-12-36)23-21-20(29-24(30-23)31-25(37)38-2)15-34(32-21)14-17-8-9-19(13-26-18-6-5-7-18)35-22(17)27-16-28-35/h8-9,15-16,18,26,36H,3-7,10-14H2,1-2H3,(H,29,31,37). The van der Waals surface area contributed by atoms with E-state index in [4.69, 9.17) is 9.84 Å². The Hall–Kier alpha value is -3.84. The molecule has 1 fully saturated rings. The summed E-state index contributed by atoms with van der Waals surface area (Å²) in [5, 5.41) is 25.1. The number of hydrogen-bond acceptors (Lipinski definition) is 10. The number of ether oxygens (including phenoxy) is 1. The van der Waals surface area contributed by atoms with Crippen LogP contribution in [-0.4, -0.2) is 78.4 Å². The van der Waals surface area contributed by atoms with Crippen LogP contribution in [0.2, 0.25) is 0 Å². The van der Waals surface area contributed by atoms with Crippen LogP contribution >= 0.6 is 0 Å². The molecule has 0 spiro atoms. The number of methoxy groups -OCH3 is 1. The van der Waals surface area contributed by atoms with Gasteiger partial charge >= 0.3 is 6.09 Å². The number of aliphatic hydroxyl groups excluding tert-OH is 1. The molecule has 0 bridgehead atoms. The lowest BCUT2D eigenvalue weighted by Crippen LogP contribution is -2.35. The molecule has 202 valence electrons. The summed E-state index contributed by atoms with van der Waals surface area (Å²) in [6, 6.07) is 4.72. The first kappa shape index (κ1) is 25.8. The summed E-state index contributed by atoms with van der Waals surface area (Å²) in [6.45, 7) is 4.32. The summed E-state index contributed by atoms with van der Waals surface area (Å²) in [7, 11) is 1.28. The Kier molecular flexibility index (Phi) is 7.94. The fourth-order valence-corrected chi connectivity index (χ4v) is 4.54. The van der Waals surface area contributed by atoms with Gasteiger partial charge in [-0.05, 0) is 25.3 Å². The first-order valence-corrected chi connectivity index (χ1v) is 13.1. The second-order valence-electron chi connectivity index (χ2n) is 9.47. The number of carbonyl (C=O) groups is 1. The summed E-state index contributed by atoms with van der Waals surface area (Å²) < 4.78 is 8.39. The number of rotatable bonds is 12. The average Bonchev–Trinajstić information content (AvgIpc) is 3.54. The SMILES string of the molecule is CCCCN(CCO)c1nc(NC(=O)OC)nc2cn(Cc3ccc(CNC4CCC4)n4ncnc34)nc12. The highest BCUT2D eigenvalue weighted by Crippen LogP contribution is 2.26. The molecule has 5 rings (SSSR count). The Morgan fingerprint density at radius 1 is 1.26 bits per heavy atom. The van der Waals surface area contributed by atoms with Gasteiger partial charge in [-0.25, -0.2) is 19.3 Å². The van der Waals surface area contributed by atoms with E-state index < -0.39 is 6.09 Å². The molecule has 0 aliphatic heterocycles. The molecule has 1 amide bonds. The molecule has 0 radical (unpaired) electrons. The van der Waals surface area contributed by atoms with Gasteiger partial charge in [-0.1, -0.05) is 25.8 Å². The van der Waals surface area contributed by atoms with Crippen molar-refractivity contribution in [2.24, 2.45) is 0 Å². The number of aromatic nitrogens is 7. The molecule has 4 aromatic heterocycles. The van der Waals surface area contributed by atoms with Crippen LogP contribution in [-0.2, 0) is 17.8 Å². The quantitative estimate of drug-likeness (QED) is 0.253. The van der Waals surface area contributed by atoms with Gasteiger partial charge in [0, 0.05) is 31.2 Å². The van der Waals surface area contributed by atoms with Crippen LogP contribution in [0.4, 0.5) is 16.6 Å². The van der Waals surface area contributed by atoms with Gasteiger partial charge in [-0.2, -0.15) is 15.2 Å². The Morgan fingerprint density at radius 2 is 2.13 bits per heavy atom. The molecule has 0 atom stereocenters. The third kappa shape index (κ3) is 5.53. The van der Waals surface area contributed by atoms with E-state index >= 15 is 0 Å². The summed E-state index contributed by atoms with van der Waals surface area (Å²) >= 11 is 0. The molecule has 1 saturated carbocycles. The molecule has 1 aliphatic carbocycles. The number of nitrogens with one attached hydrogen (secondary N) is 2. The highest BCUT2D eigenvalue weighted by atomic mass is 16.5. The molecule has 0 saturated heterocycles. The number of anilines is 2. The van der Waals surface area contributed by atoms with Gasteiger partial charge in [-0.3, -0.25) is 10.00 Å². The second-order valence-corrected chi connectivity index (χ2v) is 9.47. The minimum absolute atomic E-state index is 0.0392. The summed E-state index contributed by atoms with van der Waals surface area (Å²) in [4.78, 5) is 27.4. The van der Waals surface area contributed by atoms with Crippen LogP contribution in [0, 0.1) is 0 Å². The van der Waals surface area contributed by atoms with Crippen molar-refractivity contribution in [1.82, 2.24) is 39.7 Å². The lowest BCUT2D eigenvalue weighted by molar-refractivity contribution is 0.186. The Balaban J connectivity index is 1.47. The van der Waals surface area contributed by atoms with Crippen molar-refractivity contribution in [3.8, 4) is 0 Å². The van der Waals surface area contributed by atoms with E-state index in [2.05, 4.69) is 49.7 Å². The van der Waals surface area contributed by atoms with Crippen molar-refractivity contribution in [2.75, 3.05) is 37.0 Å². The molecular weight excluding hydrogens is 488 g/mol. The predicted octanol–water partition coefficient (Wildman–Crippen LogP) is 2.34. The molecule has 38 heavy (non-hydrogen) atoms. The Morgan fingerprint density at radius 3 is 2.87 bits per heavy atom. The van der Waals surface area contributed by atoms with E-state index in [9.17, 15) is 9.90 Å². The van der Waals surface area contributed by atoms with Crippen LogP contribution in [0.5, 0.6) is 0 Å². The molecule has 13 heteroatoms. The number of hydrogen-bond donors (Lipinski definition) is 3. The van der Waals surface area contributed by atoms with Crippen molar-refractivity contribution in [3.05, 3.63) is 35.9 Å². The number of amides is 1. The third-order valence-electron chi connectivity index (χ3n) is 6.84. The molecule has 4 heterocycles. The average molecular weight is 523 g/mol. The van der Waals surface area contributed by atoms with Gasteiger partial charge in [0.1, 0.15) is 11.8 Å². The van der Waals surface area contributed by atoms with E-state index in [1.165, 1.54) is 26.4 Å². The number of aliphatic hydroxyl groups is 1. The largest absolute Gasteiger partial charge is 0.453 e. The highest BCUT2D eigenvalue weighted by Gasteiger charge is 2.20. The lowest BCUT2D eigenvalue weighted by atomic mass is 9.93. The fourth-order valence-electron chi connectivity index (χ4n) is 4.54. The first-order valence-electron chi connectivity index (χ1n) is 13.1. The number of carbonyl (C=O) groups excluding carboxylic acids is 1. The van der Waals surface area contributed by atoms with Gasteiger partial charge in [0.15, 0.2) is 17.0 Å². The molecule has 1 aliphatic rings. The van der Waals surface area contributed by atoms with E-state index in [1.54, 1.807) is 11.0 Å². The minimum Gasteiger partial charge on any atom is -0.453 e. The number of unbranched alkanes of at least 4 members (excludes halogenated alkanes) is 1. The van der Waals surface area contributed by atoms with E-state index in [0.717, 1.165) is 36.3 Å². The maximum atomic E-state index is 11.9.